The Morgan fingerprint density at radius 1 is 1.42 bits per heavy atom. The minimum absolute atomic E-state index is 0.444. The van der Waals surface area contributed by atoms with Gasteiger partial charge in [0.2, 0.25) is 0 Å². The number of hydrogen-bond donors (Lipinski definition) is 2. The number of imidazole rings is 1. The zero-order valence-electron chi connectivity index (χ0n) is 5.94. The molecule has 0 bridgehead atoms. The van der Waals surface area contributed by atoms with E-state index < -0.39 is 0 Å². The Labute approximate surface area is 67.3 Å². The number of nitrogens with one attached hydrogen (secondary N) is 2. The Balaban J connectivity index is 2.67. The van der Waals surface area contributed by atoms with Crippen molar-refractivity contribution in [1.82, 2.24) is 19.9 Å². The van der Waals surface area contributed by atoms with Crippen LogP contribution in [-0.2, 0) is 0 Å². The van der Waals surface area contributed by atoms with Crippen molar-refractivity contribution in [2.24, 2.45) is 0 Å². The average Bonchev–Trinajstić information content (AvgIpc) is 2.53. The van der Waals surface area contributed by atoms with E-state index in [-0.39, 0.29) is 0 Å². The van der Waals surface area contributed by atoms with Crippen LogP contribution in [0.3, 0.4) is 0 Å². The van der Waals surface area contributed by atoms with Gasteiger partial charge in [0.15, 0.2) is 17.7 Å². The van der Waals surface area contributed by atoms with Crippen LogP contribution in [0.2, 0.25) is 0 Å². The molecular weight excluding hydrogens is 156 g/mol. The van der Waals surface area contributed by atoms with Crippen molar-refractivity contribution in [3.63, 3.8) is 0 Å². The van der Waals surface area contributed by atoms with Gasteiger partial charge >= 0.3 is 0 Å². The number of rotatable bonds is 1. The maximum absolute atomic E-state index is 8.36. The van der Waals surface area contributed by atoms with E-state index in [1.807, 2.05) is 0 Å². The minimum atomic E-state index is 0.444. The van der Waals surface area contributed by atoms with E-state index in [1.54, 1.807) is 6.19 Å². The van der Waals surface area contributed by atoms with Gasteiger partial charge < -0.3 is 4.98 Å². The first-order valence-electron chi connectivity index (χ1n) is 3.21. The topological polar surface area (TPSA) is 90.3 Å². The van der Waals surface area contributed by atoms with E-state index in [0.29, 0.717) is 17.0 Å². The molecule has 0 fully saturated rings. The predicted octanol–water partition coefficient (Wildman–Crippen LogP) is 0.246. The Morgan fingerprint density at radius 3 is 3.17 bits per heavy atom. The van der Waals surface area contributed by atoms with Crippen LogP contribution in [0.4, 0.5) is 5.82 Å². The molecule has 0 aliphatic rings. The molecule has 0 aliphatic carbocycles. The summed E-state index contributed by atoms with van der Waals surface area (Å²) < 4.78 is 0. The molecule has 0 saturated carbocycles. The number of aromatic amines is 1. The molecule has 2 aromatic rings. The molecule has 2 N–H and O–H groups in total. The molecule has 2 rings (SSSR count). The SMILES string of the molecule is N#CNc1ncnc2nc[nH]c12. The molecule has 58 valence electrons. The van der Waals surface area contributed by atoms with Crippen LogP contribution in [0.15, 0.2) is 12.7 Å². The summed E-state index contributed by atoms with van der Waals surface area (Å²) in [7, 11) is 0. The van der Waals surface area contributed by atoms with Crippen LogP contribution >= 0.6 is 0 Å². The van der Waals surface area contributed by atoms with E-state index >= 15 is 0 Å². The molecule has 0 atom stereocenters. The molecule has 2 heterocycles. The number of nitriles is 1. The highest BCUT2D eigenvalue weighted by Crippen LogP contribution is 2.12. The van der Waals surface area contributed by atoms with Crippen molar-refractivity contribution >= 4 is 17.0 Å². The van der Waals surface area contributed by atoms with Crippen molar-refractivity contribution in [3.05, 3.63) is 12.7 Å². The first kappa shape index (κ1) is 6.54. The number of anilines is 1. The zero-order chi connectivity index (χ0) is 8.39. The fourth-order valence-corrected chi connectivity index (χ4v) is 0.913. The summed E-state index contributed by atoms with van der Waals surface area (Å²) >= 11 is 0. The highest BCUT2D eigenvalue weighted by atomic mass is 15.1. The van der Waals surface area contributed by atoms with Crippen molar-refractivity contribution in [1.29, 1.82) is 5.26 Å². The molecule has 6 heteroatoms. The summed E-state index contributed by atoms with van der Waals surface area (Å²) in [4.78, 5) is 14.5. The summed E-state index contributed by atoms with van der Waals surface area (Å²) in [6, 6.07) is 0. The molecule has 6 nitrogen and oxygen atoms in total. The van der Waals surface area contributed by atoms with Gasteiger partial charge in [-0.2, -0.15) is 5.26 Å². The summed E-state index contributed by atoms with van der Waals surface area (Å²) in [5, 5.41) is 10.8. The van der Waals surface area contributed by atoms with Gasteiger partial charge in [-0.3, -0.25) is 5.32 Å². The highest BCUT2D eigenvalue weighted by molar-refractivity contribution is 5.82. The zero-order valence-corrected chi connectivity index (χ0v) is 5.94. The summed E-state index contributed by atoms with van der Waals surface area (Å²) in [5.41, 5.74) is 1.18. The summed E-state index contributed by atoms with van der Waals surface area (Å²) in [6.45, 7) is 0. The van der Waals surface area contributed by atoms with Crippen molar-refractivity contribution in [2.75, 3.05) is 5.32 Å². The molecule has 0 saturated heterocycles. The quantitative estimate of drug-likeness (QED) is 0.460. The van der Waals surface area contributed by atoms with Gasteiger partial charge in [-0.25, -0.2) is 15.0 Å². The van der Waals surface area contributed by atoms with Crippen LogP contribution in [0.25, 0.3) is 11.2 Å². The second-order valence-corrected chi connectivity index (χ2v) is 2.06. The van der Waals surface area contributed by atoms with Crippen LogP contribution < -0.4 is 5.32 Å². The molecular formula is C6H4N6. The van der Waals surface area contributed by atoms with Gasteiger partial charge in [-0.1, -0.05) is 0 Å². The lowest BCUT2D eigenvalue weighted by molar-refractivity contribution is 1.20. The Morgan fingerprint density at radius 2 is 2.33 bits per heavy atom. The van der Waals surface area contributed by atoms with Crippen molar-refractivity contribution < 1.29 is 0 Å². The van der Waals surface area contributed by atoms with Gasteiger partial charge in [0, 0.05) is 0 Å². The standard InChI is InChI=1S/C6H4N6/c7-1-8-5-4-6(10-2-9-4)12-3-11-5/h2-3H,(H2,8,9,10,11,12). The first-order chi connectivity index (χ1) is 5.92. The van der Waals surface area contributed by atoms with Crippen LogP contribution in [-0.4, -0.2) is 19.9 Å². The smallest absolute Gasteiger partial charge is 0.182 e. The Kier molecular flexibility index (Phi) is 1.35. The third kappa shape index (κ3) is 0.845. The Hall–Kier alpha value is -2.16. The molecule has 0 spiro atoms. The van der Waals surface area contributed by atoms with Gasteiger partial charge in [0.25, 0.3) is 0 Å². The fraction of sp³-hybridized carbons (Fsp3) is 0. The van der Waals surface area contributed by atoms with Crippen LogP contribution in [0.5, 0.6) is 0 Å². The third-order valence-electron chi connectivity index (χ3n) is 1.40. The van der Waals surface area contributed by atoms with Crippen LogP contribution in [0.1, 0.15) is 0 Å². The van der Waals surface area contributed by atoms with Crippen molar-refractivity contribution in [3.8, 4) is 6.19 Å². The maximum Gasteiger partial charge on any atom is 0.182 e. The van der Waals surface area contributed by atoms with E-state index in [4.69, 9.17) is 5.26 Å². The van der Waals surface area contributed by atoms with E-state index in [1.165, 1.54) is 12.7 Å². The number of hydrogen-bond acceptors (Lipinski definition) is 5. The van der Waals surface area contributed by atoms with Gasteiger partial charge in [-0.15, -0.1) is 0 Å². The van der Waals surface area contributed by atoms with Gasteiger partial charge in [0.05, 0.1) is 6.33 Å². The lowest BCUT2D eigenvalue weighted by Gasteiger charge is -1.94. The second-order valence-electron chi connectivity index (χ2n) is 2.06. The highest BCUT2D eigenvalue weighted by Gasteiger charge is 2.03. The van der Waals surface area contributed by atoms with Crippen molar-refractivity contribution in [2.45, 2.75) is 0 Å². The largest absolute Gasteiger partial charge is 0.340 e. The second kappa shape index (κ2) is 2.47. The average molecular weight is 160 g/mol. The molecule has 12 heavy (non-hydrogen) atoms. The normalized spacial score (nSPS) is 9.58. The van der Waals surface area contributed by atoms with Crippen LogP contribution in [0, 0.1) is 11.5 Å². The van der Waals surface area contributed by atoms with Gasteiger partial charge in [-0.05, 0) is 0 Å². The predicted molar refractivity (Wildman–Crippen MR) is 40.9 cm³/mol. The number of fused-ring (bicyclic) bond motifs is 1. The lowest BCUT2D eigenvalue weighted by atomic mass is 10.5. The van der Waals surface area contributed by atoms with E-state index in [2.05, 4.69) is 25.3 Å². The lowest BCUT2D eigenvalue weighted by Crippen LogP contribution is -1.93. The molecule has 0 unspecified atom stereocenters. The number of aromatic nitrogens is 4. The third-order valence-corrected chi connectivity index (χ3v) is 1.40. The van der Waals surface area contributed by atoms with Gasteiger partial charge in [0.1, 0.15) is 11.8 Å². The fourth-order valence-electron chi connectivity index (χ4n) is 0.913. The van der Waals surface area contributed by atoms with E-state index in [0.717, 1.165) is 0 Å². The summed E-state index contributed by atoms with van der Waals surface area (Å²) in [6.07, 6.45) is 4.63. The number of H-pyrrole nitrogens is 1. The molecule has 0 amide bonds. The number of nitrogens with zero attached hydrogens (tertiary/aromatic N) is 4. The summed E-state index contributed by atoms with van der Waals surface area (Å²) in [5.74, 6) is 0.444. The molecule has 2 aromatic heterocycles. The Bertz CT molecular complexity index is 438. The molecule has 0 radical (unpaired) electrons. The molecule has 0 aliphatic heterocycles. The first-order valence-corrected chi connectivity index (χ1v) is 3.21. The molecule has 0 aromatic carbocycles. The van der Waals surface area contributed by atoms with E-state index in [9.17, 15) is 0 Å². The maximum atomic E-state index is 8.36. The monoisotopic (exact) mass is 160 g/mol. The minimum Gasteiger partial charge on any atom is -0.340 e.